The maximum atomic E-state index is 12.3. The first-order chi connectivity index (χ1) is 10.3. The lowest BCUT2D eigenvalue weighted by molar-refractivity contribution is -0.447. The Balaban J connectivity index is 2.03. The van der Waals surface area contributed by atoms with E-state index >= 15 is 0 Å². The third kappa shape index (κ3) is 2.37. The zero-order valence-corrected chi connectivity index (χ0v) is 13.6. The van der Waals surface area contributed by atoms with Crippen molar-refractivity contribution in [2.75, 3.05) is 6.54 Å². The normalized spacial score (nSPS) is 51.7. The van der Waals surface area contributed by atoms with Crippen LogP contribution in [-0.4, -0.2) is 29.3 Å². The monoisotopic (exact) mass is 313 g/mol. The van der Waals surface area contributed by atoms with E-state index in [0.717, 1.165) is 19.3 Å². The molecule has 0 amide bonds. The van der Waals surface area contributed by atoms with Crippen LogP contribution in [0.4, 0.5) is 0 Å². The Labute approximate surface area is 131 Å². The Kier molecular flexibility index (Phi) is 4.00. The Hall–Kier alpha value is -0.690. The average Bonchev–Trinajstić information content (AvgIpc) is 2.60. The smallest absolute Gasteiger partial charge is 0.311 e. The summed E-state index contributed by atoms with van der Waals surface area (Å²) in [6.45, 7) is 6.07. The lowest BCUT2D eigenvalue weighted by Crippen LogP contribution is -2.60. The van der Waals surface area contributed by atoms with Crippen LogP contribution in [0.3, 0.4) is 0 Å². The summed E-state index contributed by atoms with van der Waals surface area (Å²) in [5, 5.41) is 9.27. The van der Waals surface area contributed by atoms with Gasteiger partial charge in [-0.15, -0.1) is 0 Å². The molecule has 6 nitrogen and oxygen atoms in total. The van der Waals surface area contributed by atoms with Crippen LogP contribution in [0.2, 0.25) is 0 Å². The lowest BCUT2D eigenvalue weighted by atomic mass is 9.58. The van der Waals surface area contributed by atoms with Gasteiger partial charge in [-0.1, -0.05) is 6.92 Å². The summed E-state index contributed by atoms with van der Waals surface area (Å²) in [4.78, 5) is 16.9. The van der Waals surface area contributed by atoms with Gasteiger partial charge in [-0.25, -0.2) is 10.1 Å². The first-order valence-corrected chi connectivity index (χ1v) is 8.29. The van der Waals surface area contributed by atoms with Gasteiger partial charge in [-0.3, -0.25) is 4.79 Å². The van der Waals surface area contributed by atoms with Crippen LogP contribution < -0.4 is 5.73 Å². The standard InChI is InChI=1S/C16H27NO5/c1-9-11-5-4-10(8-17)12-6-7-15(2,22-19)21-16(3,13(11)12)20-14(9)18/h9-13,19H,4-8,17H2,1-3H3/t9-,10+,11+,12?,13?,15-,16-/m1/s1. The van der Waals surface area contributed by atoms with E-state index in [2.05, 4.69) is 4.89 Å². The van der Waals surface area contributed by atoms with Crippen molar-refractivity contribution in [2.45, 2.75) is 58.0 Å². The number of ether oxygens (including phenoxy) is 2. The van der Waals surface area contributed by atoms with Gasteiger partial charge in [0.05, 0.1) is 5.92 Å². The highest BCUT2D eigenvalue weighted by Gasteiger charge is 2.61. The molecule has 3 fully saturated rings. The number of carbonyl (C=O) groups is 1. The van der Waals surface area contributed by atoms with Gasteiger partial charge in [0, 0.05) is 19.3 Å². The van der Waals surface area contributed by atoms with Crippen LogP contribution in [0.5, 0.6) is 0 Å². The van der Waals surface area contributed by atoms with E-state index < -0.39 is 11.6 Å². The van der Waals surface area contributed by atoms with Crippen molar-refractivity contribution in [3.63, 3.8) is 0 Å². The molecule has 2 aliphatic heterocycles. The van der Waals surface area contributed by atoms with Crippen molar-refractivity contribution < 1.29 is 24.4 Å². The second-order valence-corrected chi connectivity index (χ2v) is 7.52. The Morgan fingerprint density at radius 3 is 2.68 bits per heavy atom. The molecule has 7 atom stereocenters. The number of nitrogens with two attached hydrogens (primary N) is 1. The van der Waals surface area contributed by atoms with Crippen LogP contribution in [0.1, 0.15) is 46.5 Å². The number of hydrogen-bond donors (Lipinski definition) is 2. The molecule has 1 aliphatic carbocycles. The van der Waals surface area contributed by atoms with Crippen LogP contribution in [0.25, 0.3) is 0 Å². The summed E-state index contributed by atoms with van der Waals surface area (Å²) in [6.07, 6.45) is 3.40. The number of rotatable bonds is 2. The van der Waals surface area contributed by atoms with Crippen LogP contribution in [0, 0.1) is 29.6 Å². The predicted octanol–water partition coefficient (Wildman–Crippen LogP) is 2.13. The molecule has 2 unspecified atom stereocenters. The number of hydrogen-bond acceptors (Lipinski definition) is 6. The van der Waals surface area contributed by atoms with Gasteiger partial charge >= 0.3 is 5.97 Å². The minimum absolute atomic E-state index is 0.0967. The molecule has 0 bridgehead atoms. The number of esters is 1. The van der Waals surface area contributed by atoms with Crippen molar-refractivity contribution in [2.24, 2.45) is 35.3 Å². The Bertz CT molecular complexity index is 458. The first-order valence-electron chi connectivity index (χ1n) is 8.29. The molecule has 0 spiro atoms. The molecule has 0 aromatic rings. The molecule has 3 rings (SSSR count). The molecule has 22 heavy (non-hydrogen) atoms. The van der Waals surface area contributed by atoms with E-state index in [1.165, 1.54) is 0 Å². The largest absolute Gasteiger partial charge is 0.433 e. The topological polar surface area (TPSA) is 91.0 Å². The molecule has 2 saturated heterocycles. The van der Waals surface area contributed by atoms with Gasteiger partial charge in [-0.05, 0) is 50.5 Å². The second kappa shape index (κ2) is 5.44. The zero-order valence-electron chi connectivity index (χ0n) is 13.6. The van der Waals surface area contributed by atoms with Gasteiger partial charge in [0.25, 0.3) is 0 Å². The SMILES string of the molecule is C[C@H]1C(=O)O[C@]2(C)O[C@](C)(OO)CCC3C2[C@H]1CC[C@H]3CN. The highest BCUT2D eigenvalue weighted by atomic mass is 17.1. The molecular weight excluding hydrogens is 286 g/mol. The maximum absolute atomic E-state index is 12.3. The molecule has 3 aliphatic rings. The van der Waals surface area contributed by atoms with Gasteiger partial charge in [0.15, 0.2) is 0 Å². The molecule has 3 N–H and O–H groups in total. The molecule has 2 heterocycles. The van der Waals surface area contributed by atoms with Gasteiger partial charge in [-0.2, -0.15) is 0 Å². The summed E-state index contributed by atoms with van der Waals surface area (Å²) in [7, 11) is 0. The fraction of sp³-hybridized carbons (Fsp3) is 0.938. The quantitative estimate of drug-likeness (QED) is 0.461. The first kappa shape index (κ1) is 16.2. The van der Waals surface area contributed by atoms with E-state index in [9.17, 15) is 10.1 Å². The molecule has 0 aromatic heterocycles. The highest BCUT2D eigenvalue weighted by Crippen LogP contribution is 2.56. The third-order valence-electron chi connectivity index (χ3n) is 6.17. The minimum Gasteiger partial charge on any atom is -0.433 e. The van der Waals surface area contributed by atoms with Crippen LogP contribution in [0.15, 0.2) is 0 Å². The van der Waals surface area contributed by atoms with Crippen molar-refractivity contribution >= 4 is 5.97 Å². The second-order valence-electron chi connectivity index (χ2n) is 7.52. The van der Waals surface area contributed by atoms with Gasteiger partial charge in [0.1, 0.15) is 0 Å². The Morgan fingerprint density at radius 2 is 2.05 bits per heavy atom. The zero-order chi connectivity index (χ0) is 16.1. The highest BCUT2D eigenvalue weighted by molar-refractivity contribution is 5.74. The van der Waals surface area contributed by atoms with Crippen molar-refractivity contribution in [1.82, 2.24) is 0 Å². The molecule has 0 radical (unpaired) electrons. The summed E-state index contributed by atoms with van der Waals surface area (Å²) in [5.41, 5.74) is 5.99. The molecule has 126 valence electrons. The third-order valence-corrected chi connectivity index (χ3v) is 6.17. The fourth-order valence-corrected chi connectivity index (χ4v) is 5.05. The van der Waals surface area contributed by atoms with E-state index in [1.807, 2.05) is 13.8 Å². The van der Waals surface area contributed by atoms with Crippen LogP contribution >= 0.6 is 0 Å². The van der Waals surface area contributed by atoms with E-state index in [4.69, 9.17) is 15.2 Å². The Morgan fingerprint density at radius 1 is 1.32 bits per heavy atom. The van der Waals surface area contributed by atoms with Crippen LogP contribution in [-0.2, 0) is 19.2 Å². The molecule has 1 saturated carbocycles. The summed E-state index contributed by atoms with van der Waals surface area (Å²) < 4.78 is 11.7. The molecule has 0 aromatic carbocycles. The predicted molar refractivity (Wildman–Crippen MR) is 78.3 cm³/mol. The van der Waals surface area contributed by atoms with E-state index in [1.54, 1.807) is 6.92 Å². The van der Waals surface area contributed by atoms with Crippen molar-refractivity contribution in [1.29, 1.82) is 0 Å². The summed E-state index contributed by atoms with van der Waals surface area (Å²) >= 11 is 0. The minimum atomic E-state index is -1.16. The maximum Gasteiger partial charge on any atom is 0.311 e. The average molecular weight is 313 g/mol. The lowest BCUT2D eigenvalue weighted by Gasteiger charge is -2.53. The molecule has 6 heteroatoms. The van der Waals surface area contributed by atoms with Gasteiger partial charge in [0.2, 0.25) is 11.6 Å². The number of carbonyl (C=O) groups excluding carboxylic acids is 1. The van der Waals surface area contributed by atoms with E-state index in [-0.39, 0.29) is 23.7 Å². The van der Waals surface area contributed by atoms with Gasteiger partial charge < -0.3 is 15.2 Å². The summed E-state index contributed by atoms with van der Waals surface area (Å²) in [6, 6.07) is 0. The van der Waals surface area contributed by atoms with Crippen molar-refractivity contribution in [3.05, 3.63) is 0 Å². The van der Waals surface area contributed by atoms with Crippen molar-refractivity contribution in [3.8, 4) is 0 Å². The molecular formula is C16H27NO5. The summed E-state index contributed by atoms with van der Waals surface area (Å²) in [5.74, 6) is -1.52. The van der Waals surface area contributed by atoms with E-state index in [0.29, 0.717) is 24.8 Å². The fourth-order valence-electron chi connectivity index (χ4n) is 5.05.